The maximum Gasteiger partial charge on any atom is 0.225 e. The van der Waals surface area contributed by atoms with Gasteiger partial charge in [0.2, 0.25) is 5.91 Å². The molecule has 1 amide bonds. The van der Waals surface area contributed by atoms with Crippen LogP contribution in [0, 0.1) is 11.3 Å². The summed E-state index contributed by atoms with van der Waals surface area (Å²) in [5.74, 6) is 0.838. The smallest absolute Gasteiger partial charge is 0.225 e. The van der Waals surface area contributed by atoms with Gasteiger partial charge >= 0.3 is 0 Å². The highest BCUT2D eigenvalue weighted by Crippen LogP contribution is 2.31. The van der Waals surface area contributed by atoms with Crippen molar-refractivity contribution in [2.24, 2.45) is 0 Å². The van der Waals surface area contributed by atoms with Gasteiger partial charge in [0.15, 0.2) is 0 Å². The molecule has 0 spiro atoms. The minimum Gasteiger partial charge on any atom is -0.365 e. The van der Waals surface area contributed by atoms with Crippen LogP contribution in [0.3, 0.4) is 0 Å². The summed E-state index contributed by atoms with van der Waals surface area (Å²) in [6.07, 6.45) is 2.72. The summed E-state index contributed by atoms with van der Waals surface area (Å²) in [7, 11) is 0. The summed E-state index contributed by atoms with van der Waals surface area (Å²) in [5, 5.41) is 14.0. The first kappa shape index (κ1) is 14.3. The van der Waals surface area contributed by atoms with Crippen LogP contribution in [0.15, 0.2) is 24.3 Å². The first-order valence-electron chi connectivity index (χ1n) is 7.70. The van der Waals surface area contributed by atoms with Crippen LogP contribution in [0.4, 0.5) is 5.82 Å². The van der Waals surface area contributed by atoms with Crippen LogP contribution in [0.5, 0.6) is 0 Å². The minimum absolute atomic E-state index is 0.0480. The number of anilines is 1. The zero-order valence-electron chi connectivity index (χ0n) is 12.4. The Morgan fingerprint density at radius 2 is 2.17 bits per heavy atom. The van der Waals surface area contributed by atoms with Crippen molar-refractivity contribution in [2.45, 2.75) is 31.3 Å². The molecule has 2 heterocycles. The van der Waals surface area contributed by atoms with Gasteiger partial charge in [0.1, 0.15) is 5.82 Å². The van der Waals surface area contributed by atoms with Crippen molar-refractivity contribution in [3.8, 4) is 6.07 Å². The van der Waals surface area contributed by atoms with Crippen molar-refractivity contribution >= 4 is 34.2 Å². The van der Waals surface area contributed by atoms with E-state index in [4.69, 9.17) is 11.6 Å². The molecule has 2 fully saturated rings. The molecular formula is C17H15ClN4O. The standard InChI is InChI=1S/C17H15ClN4O/c18-11-1-4-15-14(6-11)10(8-19)5-16(21-15)20-12-7-17(23)22(9-12)13-2-3-13/h1,4-6,12-13H,2-3,7,9H2,(H,20,21). The van der Waals surface area contributed by atoms with Crippen LogP contribution in [0.25, 0.3) is 10.9 Å². The van der Waals surface area contributed by atoms with Gasteiger partial charge in [-0.1, -0.05) is 11.6 Å². The van der Waals surface area contributed by atoms with Crippen molar-refractivity contribution in [3.05, 3.63) is 34.9 Å². The molecular weight excluding hydrogens is 312 g/mol. The Bertz CT molecular complexity index is 840. The summed E-state index contributed by atoms with van der Waals surface area (Å²) >= 11 is 6.00. The zero-order valence-corrected chi connectivity index (χ0v) is 13.2. The first-order valence-corrected chi connectivity index (χ1v) is 8.08. The second-order valence-electron chi connectivity index (χ2n) is 6.15. The van der Waals surface area contributed by atoms with Gasteiger partial charge in [-0.2, -0.15) is 5.26 Å². The normalized spacial score (nSPS) is 20.8. The molecule has 1 aliphatic carbocycles. The first-order chi connectivity index (χ1) is 11.1. The van der Waals surface area contributed by atoms with Crippen LogP contribution >= 0.6 is 11.6 Å². The summed E-state index contributed by atoms with van der Waals surface area (Å²) < 4.78 is 0. The molecule has 6 heteroatoms. The van der Waals surface area contributed by atoms with Gasteiger partial charge < -0.3 is 10.2 Å². The molecule has 2 aromatic rings. The molecule has 1 unspecified atom stereocenters. The summed E-state index contributed by atoms with van der Waals surface area (Å²) in [6.45, 7) is 0.714. The number of hydrogen-bond donors (Lipinski definition) is 1. The number of nitriles is 1. The third-order valence-electron chi connectivity index (χ3n) is 4.39. The number of nitrogens with one attached hydrogen (secondary N) is 1. The number of rotatable bonds is 3. The Morgan fingerprint density at radius 1 is 1.35 bits per heavy atom. The van der Waals surface area contributed by atoms with E-state index in [0.717, 1.165) is 23.7 Å². The number of likely N-dealkylation sites (tertiary alicyclic amines) is 1. The fourth-order valence-corrected chi connectivity index (χ4v) is 3.31. The molecule has 2 aliphatic rings. The third-order valence-corrected chi connectivity index (χ3v) is 4.62. The maximum atomic E-state index is 12.0. The van der Waals surface area contributed by atoms with Crippen molar-refractivity contribution in [1.82, 2.24) is 9.88 Å². The molecule has 1 aromatic carbocycles. The number of aromatic nitrogens is 1. The summed E-state index contributed by atoms with van der Waals surface area (Å²) in [4.78, 5) is 18.5. The van der Waals surface area contributed by atoms with Gasteiger partial charge in [0, 0.05) is 29.4 Å². The van der Waals surface area contributed by atoms with Crippen LogP contribution < -0.4 is 5.32 Å². The van der Waals surface area contributed by atoms with Crippen LogP contribution in [-0.4, -0.2) is 34.4 Å². The van der Waals surface area contributed by atoms with Crippen LogP contribution in [-0.2, 0) is 4.79 Å². The van der Waals surface area contributed by atoms with E-state index in [1.165, 1.54) is 0 Å². The predicted octanol–water partition coefficient (Wildman–Crippen LogP) is 2.94. The van der Waals surface area contributed by atoms with Gasteiger partial charge in [-0.3, -0.25) is 4.79 Å². The minimum atomic E-state index is 0.0480. The average Bonchev–Trinajstić information content (AvgIpc) is 3.31. The van der Waals surface area contributed by atoms with Crippen molar-refractivity contribution in [2.75, 3.05) is 11.9 Å². The second kappa shape index (κ2) is 5.39. The Balaban J connectivity index is 1.61. The fourth-order valence-electron chi connectivity index (χ4n) is 3.14. The molecule has 23 heavy (non-hydrogen) atoms. The number of pyridine rings is 1. The lowest BCUT2D eigenvalue weighted by Crippen LogP contribution is -2.29. The highest BCUT2D eigenvalue weighted by molar-refractivity contribution is 6.31. The predicted molar refractivity (Wildman–Crippen MR) is 88.2 cm³/mol. The largest absolute Gasteiger partial charge is 0.365 e. The molecule has 0 radical (unpaired) electrons. The molecule has 0 bridgehead atoms. The molecule has 1 N–H and O–H groups in total. The summed E-state index contributed by atoms with van der Waals surface area (Å²) in [6, 6.07) is 9.72. The van der Waals surface area contributed by atoms with E-state index in [1.54, 1.807) is 24.3 Å². The molecule has 4 rings (SSSR count). The number of fused-ring (bicyclic) bond motifs is 1. The SMILES string of the molecule is N#Cc1cc(NC2CC(=O)N(C3CC3)C2)nc2ccc(Cl)cc12. The number of nitrogens with zero attached hydrogens (tertiary/aromatic N) is 3. The van der Waals surface area contributed by atoms with Gasteiger partial charge in [0.05, 0.1) is 23.2 Å². The van der Waals surface area contributed by atoms with Gasteiger partial charge in [-0.15, -0.1) is 0 Å². The Labute approximate surface area is 138 Å². The topological polar surface area (TPSA) is 69.0 Å². The molecule has 1 atom stereocenters. The number of halogens is 1. The van der Waals surface area contributed by atoms with Crippen LogP contribution in [0.2, 0.25) is 5.02 Å². The number of carbonyl (C=O) groups is 1. The van der Waals surface area contributed by atoms with E-state index in [-0.39, 0.29) is 11.9 Å². The van der Waals surface area contributed by atoms with E-state index < -0.39 is 0 Å². The number of amides is 1. The molecule has 116 valence electrons. The Hall–Kier alpha value is -2.32. The van der Waals surface area contributed by atoms with Crippen molar-refractivity contribution in [3.63, 3.8) is 0 Å². The lowest BCUT2D eigenvalue weighted by atomic mass is 10.1. The number of benzene rings is 1. The van der Waals surface area contributed by atoms with Crippen LogP contribution in [0.1, 0.15) is 24.8 Å². The quantitative estimate of drug-likeness (QED) is 0.941. The van der Waals surface area contributed by atoms with E-state index in [9.17, 15) is 10.1 Å². The zero-order chi connectivity index (χ0) is 16.0. The van der Waals surface area contributed by atoms with Gasteiger partial charge in [0.25, 0.3) is 0 Å². The Kier molecular flexibility index (Phi) is 3.35. The molecule has 1 aliphatic heterocycles. The highest BCUT2D eigenvalue weighted by Gasteiger charge is 2.39. The monoisotopic (exact) mass is 326 g/mol. The van der Waals surface area contributed by atoms with Gasteiger partial charge in [-0.25, -0.2) is 4.98 Å². The molecule has 1 saturated heterocycles. The molecule has 5 nitrogen and oxygen atoms in total. The number of hydrogen-bond acceptors (Lipinski definition) is 4. The lowest BCUT2D eigenvalue weighted by Gasteiger charge is -2.17. The number of carbonyl (C=O) groups excluding carboxylic acids is 1. The molecule has 1 saturated carbocycles. The second-order valence-corrected chi connectivity index (χ2v) is 6.59. The van der Waals surface area contributed by atoms with E-state index in [0.29, 0.717) is 35.4 Å². The van der Waals surface area contributed by atoms with Gasteiger partial charge in [-0.05, 0) is 37.1 Å². The van der Waals surface area contributed by atoms with E-state index >= 15 is 0 Å². The highest BCUT2D eigenvalue weighted by atomic mass is 35.5. The average molecular weight is 327 g/mol. The van der Waals surface area contributed by atoms with Crippen molar-refractivity contribution in [1.29, 1.82) is 5.26 Å². The lowest BCUT2D eigenvalue weighted by molar-refractivity contribution is -0.128. The fraction of sp³-hybridized carbons (Fsp3) is 0.353. The maximum absolute atomic E-state index is 12.0. The Morgan fingerprint density at radius 3 is 2.91 bits per heavy atom. The van der Waals surface area contributed by atoms with E-state index in [2.05, 4.69) is 16.4 Å². The summed E-state index contributed by atoms with van der Waals surface area (Å²) in [5.41, 5.74) is 1.25. The third kappa shape index (κ3) is 2.71. The molecule has 1 aromatic heterocycles. The van der Waals surface area contributed by atoms with E-state index in [1.807, 2.05) is 4.90 Å². The van der Waals surface area contributed by atoms with Crippen molar-refractivity contribution < 1.29 is 4.79 Å².